The van der Waals surface area contributed by atoms with E-state index < -0.39 is 5.60 Å². The van der Waals surface area contributed by atoms with Crippen molar-refractivity contribution in [3.05, 3.63) is 59.9 Å². The molecule has 1 N–H and O–H groups in total. The third kappa shape index (κ3) is 2.95. The van der Waals surface area contributed by atoms with Crippen LogP contribution in [0.2, 0.25) is 0 Å². The van der Waals surface area contributed by atoms with Gasteiger partial charge >= 0.3 is 0 Å². The predicted molar refractivity (Wildman–Crippen MR) is 91.5 cm³/mol. The fraction of sp³-hybridized carbons (Fsp3) is 0.316. The number of nitrogens with one attached hydrogen (secondary N) is 1. The zero-order chi connectivity index (χ0) is 17.3. The van der Waals surface area contributed by atoms with E-state index >= 15 is 0 Å². The first-order valence-electron chi connectivity index (χ1n) is 8.43. The zero-order valence-corrected chi connectivity index (χ0v) is 13.8. The van der Waals surface area contributed by atoms with Crippen LogP contribution in [-0.2, 0) is 0 Å². The second-order valence-electron chi connectivity index (χ2n) is 6.47. The molecule has 0 saturated carbocycles. The van der Waals surface area contributed by atoms with Gasteiger partial charge in [-0.25, -0.2) is 0 Å². The van der Waals surface area contributed by atoms with E-state index in [0.717, 1.165) is 0 Å². The van der Waals surface area contributed by atoms with Gasteiger partial charge in [0, 0.05) is 32.1 Å². The molecule has 4 rings (SSSR count). The number of pyridine rings is 1. The van der Waals surface area contributed by atoms with Crippen molar-refractivity contribution in [2.24, 2.45) is 0 Å². The highest BCUT2D eigenvalue weighted by Crippen LogP contribution is 2.33. The summed E-state index contributed by atoms with van der Waals surface area (Å²) >= 11 is 0. The topological polar surface area (TPSA) is 71.5 Å². The Morgan fingerprint density at radius 3 is 2.64 bits per heavy atom. The number of hydrogen-bond donors (Lipinski definition) is 1. The lowest BCUT2D eigenvalue weighted by Gasteiger charge is -2.41. The fourth-order valence-electron chi connectivity index (χ4n) is 3.40. The molecule has 6 heteroatoms. The zero-order valence-electron chi connectivity index (χ0n) is 13.8. The molecule has 1 fully saturated rings. The molecule has 1 saturated heterocycles. The summed E-state index contributed by atoms with van der Waals surface area (Å²) < 4.78 is 6.25. The number of para-hydroxylation sites is 1. The van der Waals surface area contributed by atoms with Crippen LogP contribution in [0.4, 0.5) is 0 Å². The van der Waals surface area contributed by atoms with Crippen LogP contribution in [0.3, 0.4) is 0 Å². The predicted octanol–water partition coefficient (Wildman–Crippen LogP) is 1.88. The normalized spacial score (nSPS) is 18.7. The SMILES string of the molecule is O=C1NCC2(CCN(C(=O)c3ccccn3)CC2)Oc2ccccc21. The van der Waals surface area contributed by atoms with Gasteiger partial charge in [0.2, 0.25) is 0 Å². The number of carbonyl (C=O) groups excluding carboxylic acids is 2. The molecule has 2 aliphatic rings. The Hall–Kier alpha value is -2.89. The number of fused-ring (bicyclic) bond motifs is 1. The van der Waals surface area contributed by atoms with Gasteiger partial charge in [0.05, 0.1) is 12.1 Å². The van der Waals surface area contributed by atoms with Crippen molar-refractivity contribution in [3.8, 4) is 5.75 Å². The highest BCUT2D eigenvalue weighted by atomic mass is 16.5. The molecule has 0 radical (unpaired) electrons. The van der Waals surface area contributed by atoms with Crippen molar-refractivity contribution in [3.63, 3.8) is 0 Å². The number of ether oxygens (including phenoxy) is 1. The van der Waals surface area contributed by atoms with Gasteiger partial charge in [0.15, 0.2) is 0 Å². The van der Waals surface area contributed by atoms with Crippen molar-refractivity contribution in [2.75, 3.05) is 19.6 Å². The first kappa shape index (κ1) is 15.6. The molecule has 2 aliphatic heterocycles. The third-order valence-corrected chi connectivity index (χ3v) is 4.88. The molecule has 0 unspecified atom stereocenters. The molecule has 6 nitrogen and oxygen atoms in total. The molecular weight excluding hydrogens is 318 g/mol. The summed E-state index contributed by atoms with van der Waals surface area (Å²) in [5.41, 5.74) is 0.550. The lowest BCUT2D eigenvalue weighted by atomic mass is 9.90. The van der Waals surface area contributed by atoms with Gasteiger partial charge in [-0.15, -0.1) is 0 Å². The molecule has 25 heavy (non-hydrogen) atoms. The Morgan fingerprint density at radius 2 is 1.88 bits per heavy atom. The van der Waals surface area contributed by atoms with Gasteiger partial charge in [-0.05, 0) is 24.3 Å². The summed E-state index contributed by atoms with van der Waals surface area (Å²) in [5.74, 6) is 0.440. The van der Waals surface area contributed by atoms with Gasteiger partial charge in [-0.2, -0.15) is 0 Å². The Labute approximate surface area is 145 Å². The molecular formula is C19H19N3O3. The number of benzene rings is 1. The van der Waals surface area contributed by atoms with Crippen LogP contribution in [0.25, 0.3) is 0 Å². The van der Waals surface area contributed by atoms with Gasteiger partial charge in [-0.1, -0.05) is 18.2 Å². The molecule has 3 heterocycles. The van der Waals surface area contributed by atoms with Crippen LogP contribution >= 0.6 is 0 Å². The Balaban J connectivity index is 1.50. The van der Waals surface area contributed by atoms with Crippen molar-refractivity contribution in [1.82, 2.24) is 15.2 Å². The van der Waals surface area contributed by atoms with Gasteiger partial charge in [0.1, 0.15) is 17.0 Å². The van der Waals surface area contributed by atoms with Crippen molar-refractivity contribution in [1.29, 1.82) is 0 Å². The second kappa shape index (κ2) is 6.20. The first-order valence-corrected chi connectivity index (χ1v) is 8.43. The lowest BCUT2D eigenvalue weighted by molar-refractivity contribution is 0.00752. The largest absolute Gasteiger partial charge is 0.484 e. The van der Waals surface area contributed by atoms with Gasteiger partial charge in [0.25, 0.3) is 11.8 Å². The Kier molecular flexibility index (Phi) is 3.87. The van der Waals surface area contributed by atoms with E-state index in [-0.39, 0.29) is 11.8 Å². The molecule has 0 atom stereocenters. The number of likely N-dealkylation sites (tertiary alicyclic amines) is 1. The average molecular weight is 337 g/mol. The van der Waals surface area contributed by atoms with E-state index in [4.69, 9.17) is 4.74 Å². The van der Waals surface area contributed by atoms with E-state index in [0.29, 0.717) is 49.5 Å². The molecule has 128 valence electrons. The van der Waals surface area contributed by atoms with E-state index in [1.807, 2.05) is 24.3 Å². The summed E-state index contributed by atoms with van der Waals surface area (Å²) in [5, 5.41) is 2.96. The molecule has 1 aromatic heterocycles. The summed E-state index contributed by atoms with van der Waals surface area (Å²) in [6.45, 7) is 1.60. The van der Waals surface area contributed by atoms with Crippen molar-refractivity contribution >= 4 is 11.8 Å². The smallest absolute Gasteiger partial charge is 0.272 e. The number of rotatable bonds is 1. The van der Waals surface area contributed by atoms with Crippen LogP contribution in [0.15, 0.2) is 48.7 Å². The van der Waals surface area contributed by atoms with E-state index in [2.05, 4.69) is 10.3 Å². The molecule has 0 aliphatic carbocycles. The minimum atomic E-state index is -0.469. The number of hydrogen-bond acceptors (Lipinski definition) is 4. The minimum absolute atomic E-state index is 0.0616. The highest BCUT2D eigenvalue weighted by Gasteiger charge is 2.41. The van der Waals surface area contributed by atoms with Crippen LogP contribution in [0.5, 0.6) is 5.75 Å². The summed E-state index contributed by atoms with van der Waals surface area (Å²) in [6, 6.07) is 12.6. The maximum absolute atomic E-state index is 12.5. The first-order chi connectivity index (χ1) is 12.2. The van der Waals surface area contributed by atoms with E-state index in [9.17, 15) is 9.59 Å². The van der Waals surface area contributed by atoms with Crippen molar-refractivity contribution in [2.45, 2.75) is 18.4 Å². The lowest BCUT2D eigenvalue weighted by Crippen LogP contribution is -2.54. The second-order valence-corrected chi connectivity index (χ2v) is 6.47. The summed E-state index contributed by atoms with van der Waals surface area (Å²) in [4.78, 5) is 30.7. The Bertz CT molecular complexity index is 799. The fourth-order valence-corrected chi connectivity index (χ4v) is 3.40. The van der Waals surface area contributed by atoms with Gasteiger partial charge < -0.3 is 15.0 Å². The van der Waals surface area contributed by atoms with Crippen LogP contribution in [0, 0.1) is 0 Å². The monoisotopic (exact) mass is 337 g/mol. The third-order valence-electron chi connectivity index (χ3n) is 4.88. The molecule has 2 amide bonds. The number of aromatic nitrogens is 1. The van der Waals surface area contributed by atoms with E-state index in [1.165, 1.54) is 0 Å². The van der Waals surface area contributed by atoms with E-state index in [1.54, 1.807) is 29.3 Å². The highest BCUT2D eigenvalue weighted by molar-refractivity contribution is 5.97. The summed E-state index contributed by atoms with van der Waals surface area (Å²) in [7, 11) is 0. The van der Waals surface area contributed by atoms with Gasteiger partial charge in [-0.3, -0.25) is 14.6 Å². The molecule has 1 aromatic carbocycles. The quantitative estimate of drug-likeness (QED) is 0.862. The van der Waals surface area contributed by atoms with Crippen LogP contribution in [0.1, 0.15) is 33.7 Å². The molecule has 1 spiro atoms. The van der Waals surface area contributed by atoms with Crippen LogP contribution < -0.4 is 10.1 Å². The maximum Gasteiger partial charge on any atom is 0.272 e. The number of carbonyl (C=O) groups is 2. The Morgan fingerprint density at radius 1 is 1.12 bits per heavy atom. The van der Waals surface area contributed by atoms with Crippen LogP contribution in [-0.4, -0.2) is 46.9 Å². The molecule has 2 aromatic rings. The standard InChI is InChI=1S/C19H19N3O3/c23-17-14-5-1-2-7-16(14)25-19(13-21-17)8-11-22(12-9-19)18(24)15-6-3-4-10-20-15/h1-7,10H,8-9,11-13H2,(H,21,23). The molecule has 0 bridgehead atoms. The minimum Gasteiger partial charge on any atom is -0.484 e. The maximum atomic E-state index is 12.5. The number of piperidine rings is 1. The number of nitrogens with zero attached hydrogens (tertiary/aromatic N) is 2. The summed E-state index contributed by atoms with van der Waals surface area (Å²) in [6.07, 6.45) is 2.96. The average Bonchev–Trinajstić information content (AvgIpc) is 2.80. The van der Waals surface area contributed by atoms with Crippen molar-refractivity contribution < 1.29 is 14.3 Å². The number of amides is 2.